The lowest BCUT2D eigenvalue weighted by Gasteiger charge is -2.47. The van der Waals surface area contributed by atoms with Gasteiger partial charge in [0.15, 0.2) is 5.54 Å². The van der Waals surface area contributed by atoms with Crippen molar-refractivity contribution in [2.45, 2.75) is 31.2 Å². The normalized spacial score (nSPS) is 24.7. The van der Waals surface area contributed by atoms with Crippen LogP contribution in [0.2, 0.25) is 10.0 Å². The average Bonchev–Trinajstić information content (AvgIpc) is 3.59. The molecule has 13 heteroatoms. The van der Waals surface area contributed by atoms with E-state index in [4.69, 9.17) is 32.7 Å². The molecule has 0 saturated heterocycles. The van der Waals surface area contributed by atoms with Crippen LogP contribution in [0.3, 0.4) is 0 Å². The van der Waals surface area contributed by atoms with E-state index >= 15 is 9.59 Å². The molecule has 3 aromatic carbocycles. The standard InChI is InChI=1S/C36H27Cl2N3O8/c1-3-48-32(42)35-30-26(17-22(40(44)45)18-29(30)41(46)47)31-23-8-6-5-7-19(23)13-14-39(31)36(35,33(43)49-4-2)34(35)27-15-20(37)9-11-24(27)25-12-10-21(38)16-28(25)34/h5-12,15-18,30H,3-4,13-14H2,1-2H3. The highest BCUT2D eigenvalue weighted by Crippen LogP contribution is 2.88. The number of fused-ring (bicyclic) bond motifs is 14. The molecule has 0 amide bonds. The van der Waals surface area contributed by atoms with E-state index in [0.29, 0.717) is 50.0 Å². The predicted octanol–water partition coefficient (Wildman–Crippen LogP) is 6.36. The highest BCUT2D eigenvalue weighted by atomic mass is 35.5. The van der Waals surface area contributed by atoms with E-state index < -0.39 is 55.5 Å². The van der Waals surface area contributed by atoms with Crippen molar-refractivity contribution in [3.8, 4) is 11.1 Å². The second kappa shape index (κ2) is 10.5. The number of ether oxygens (including phenoxy) is 2. The average molecular weight is 701 g/mol. The van der Waals surface area contributed by atoms with Gasteiger partial charge in [0.25, 0.3) is 11.4 Å². The Morgan fingerprint density at radius 2 is 1.47 bits per heavy atom. The van der Waals surface area contributed by atoms with Crippen molar-refractivity contribution in [1.82, 2.24) is 4.90 Å². The monoisotopic (exact) mass is 699 g/mol. The lowest BCUT2D eigenvalue weighted by molar-refractivity contribution is -0.442. The Morgan fingerprint density at radius 3 is 2.06 bits per heavy atom. The number of rotatable bonds is 6. The maximum atomic E-state index is 15.2. The molecule has 3 unspecified atom stereocenters. The van der Waals surface area contributed by atoms with Crippen LogP contribution in [0, 0.1) is 31.6 Å². The maximum absolute atomic E-state index is 15.2. The summed E-state index contributed by atoms with van der Waals surface area (Å²) in [6.07, 6.45) is 2.61. The van der Waals surface area contributed by atoms with Gasteiger partial charge in [0.1, 0.15) is 5.41 Å². The molecule has 2 aliphatic heterocycles. The molecule has 49 heavy (non-hydrogen) atoms. The zero-order valence-electron chi connectivity index (χ0n) is 26.2. The van der Waals surface area contributed by atoms with Crippen LogP contribution in [0.25, 0.3) is 16.8 Å². The van der Waals surface area contributed by atoms with Gasteiger partial charge in [-0.2, -0.15) is 0 Å². The van der Waals surface area contributed by atoms with Crippen molar-refractivity contribution in [3.63, 3.8) is 0 Å². The highest BCUT2D eigenvalue weighted by molar-refractivity contribution is 6.31. The first-order chi connectivity index (χ1) is 23.5. The Bertz CT molecular complexity index is 2120. The van der Waals surface area contributed by atoms with Crippen molar-refractivity contribution in [1.29, 1.82) is 0 Å². The zero-order chi connectivity index (χ0) is 34.6. The Hall–Kier alpha value is -5.00. The van der Waals surface area contributed by atoms with Crippen molar-refractivity contribution in [2.24, 2.45) is 11.3 Å². The van der Waals surface area contributed by atoms with Crippen LogP contribution >= 0.6 is 23.2 Å². The molecule has 248 valence electrons. The summed E-state index contributed by atoms with van der Waals surface area (Å²) in [5.41, 5.74) is -2.62. The third-order valence-corrected chi connectivity index (χ3v) is 11.2. The Balaban J connectivity index is 1.64. The van der Waals surface area contributed by atoms with Gasteiger partial charge >= 0.3 is 11.9 Å². The fourth-order valence-corrected chi connectivity index (χ4v) is 9.87. The van der Waals surface area contributed by atoms with E-state index in [9.17, 15) is 20.2 Å². The van der Waals surface area contributed by atoms with Crippen LogP contribution < -0.4 is 0 Å². The first-order valence-electron chi connectivity index (χ1n) is 15.8. The topological polar surface area (TPSA) is 142 Å². The number of nitro groups is 2. The zero-order valence-corrected chi connectivity index (χ0v) is 27.7. The molecule has 1 spiro atoms. The smallest absolute Gasteiger partial charge is 0.334 e. The summed E-state index contributed by atoms with van der Waals surface area (Å²) in [5, 5.41) is 26.2. The molecular weight excluding hydrogens is 673 g/mol. The molecule has 8 rings (SSSR count). The highest BCUT2D eigenvalue weighted by Gasteiger charge is 3.03. The molecule has 3 aliphatic carbocycles. The van der Waals surface area contributed by atoms with Crippen LogP contribution in [-0.4, -0.2) is 52.0 Å². The molecule has 0 radical (unpaired) electrons. The van der Waals surface area contributed by atoms with Gasteiger partial charge in [-0.15, -0.1) is 0 Å². The summed E-state index contributed by atoms with van der Waals surface area (Å²) in [6, 6.07) is 17.7. The summed E-state index contributed by atoms with van der Waals surface area (Å²) in [7, 11) is 0. The maximum Gasteiger partial charge on any atom is 0.334 e. The van der Waals surface area contributed by atoms with Crippen molar-refractivity contribution in [2.75, 3.05) is 19.8 Å². The van der Waals surface area contributed by atoms with E-state index in [1.54, 1.807) is 61.2 Å². The Labute approximate surface area is 289 Å². The largest absolute Gasteiger partial charge is 0.465 e. The van der Waals surface area contributed by atoms with E-state index in [2.05, 4.69) is 0 Å². The van der Waals surface area contributed by atoms with Crippen LogP contribution in [0.4, 0.5) is 0 Å². The molecular formula is C36H27Cl2N3O8. The van der Waals surface area contributed by atoms with Gasteiger partial charge in [0, 0.05) is 33.9 Å². The molecule has 2 heterocycles. The number of esters is 2. The van der Waals surface area contributed by atoms with Crippen LogP contribution in [0.5, 0.6) is 0 Å². The SMILES string of the molecule is CCOC(=O)C12C3C([N+](=O)[O-])=CC([N+](=O)[O-])=CC3=C3c4ccccc4CCN3C1(C(=O)OCC)C21c2cc(Cl)ccc2-c2ccc(Cl)cc21. The van der Waals surface area contributed by atoms with E-state index in [1.807, 2.05) is 18.2 Å². The molecule has 0 aromatic heterocycles. The summed E-state index contributed by atoms with van der Waals surface area (Å²) in [4.78, 5) is 56.4. The molecule has 3 aromatic rings. The molecule has 5 aliphatic rings. The number of allylic oxidation sites excluding steroid dienone is 3. The molecule has 3 atom stereocenters. The van der Waals surface area contributed by atoms with Gasteiger partial charge in [-0.25, -0.2) is 4.79 Å². The second-order valence-electron chi connectivity index (χ2n) is 12.5. The Morgan fingerprint density at radius 1 is 0.857 bits per heavy atom. The molecule has 1 saturated carbocycles. The fourth-order valence-electron chi connectivity index (χ4n) is 9.52. The van der Waals surface area contributed by atoms with Crippen LogP contribution in [0.1, 0.15) is 36.1 Å². The third-order valence-electron chi connectivity index (χ3n) is 10.8. The van der Waals surface area contributed by atoms with Crippen molar-refractivity contribution in [3.05, 3.63) is 142 Å². The number of carbonyl (C=O) groups is 2. The van der Waals surface area contributed by atoms with Gasteiger partial charge in [0.05, 0.1) is 40.5 Å². The van der Waals surface area contributed by atoms with Gasteiger partial charge in [-0.1, -0.05) is 59.6 Å². The van der Waals surface area contributed by atoms with E-state index in [1.165, 1.54) is 6.08 Å². The molecule has 1 fully saturated rings. The predicted molar refractivity (Wildman–Crippen MR) is 179 cm³/mol. The third kappa shape index (κ3) is 3.49. The number of benzene rings is 3. The lowest BCUT2D eigenvalue weighted by Crippen LogP contribution is -2.58. The van der Waals surface area contributed by atoms with E-state index in [0.717, 1.165) is 11.6 Å². The van der Waals surface area contributed by atoms with Crippen molar-refractivity contribution < 1.29 is 28.9 Å². The number of carbonyl (C=O) groups excluding carboxylic acids is 2. The number of halogens is 2. The fraction of sp³-hybridized carbons (Fsp3) is 0.278. The van der Waals surface area contributed by atoms with Gasteiger partial charge in [0.2, 0.25) is 0 Å². The number of hydrogen-bond donors (Lipinski definition) is 0. The second-order valence-corrected chi connectivity index (χ2v) is 13.4. The van der Waals surface area contributed by atoms with Gasteiger partial charge < -0.3 is 14.4 Å². The number of nitrogens with zero attached hydrogens (tertiary/aromatic N) is 3. The quantitative estimate of drug-likeness (QED) is 0.163. The van der Waals surface area contributed by atoms with Crippen molar-refractivity contribution >= 4 is 40.8 Å². The summed E-state index contributed by atoms with van der Waals surface area (Å²) in [6.45, 7) is 3.25. The van der Waals surface area contributed by atoms with Crippen LogP contribution in [0.15, 0.2) is 89.8 Å². The van der Waals surface area contributed by atoms with E-state index in [-0.39, 0.29) is 25.3 Å². The lowest BCUT2D eigenvalue weighted by atomic mass is 9.67. The molecule has 11 nitrogen and oxygen atoms in total. The Kier molecular flexibility index (Phi) is 6.70. The first-order valence-corrected chi connectivity index (χ1v) is 16.6. The summed E-state index contributed by atoms with van der Waals surface area (Å²) in [5.74, 6) is -3.18. The summed E-state index contributed by atoms with van der Waals surface area (Å²) < 4.78 is 11.8. The summed E-state index contributed by atoms with van der Waals surface area (Å²) >= 11 is 13.4. The minimum atomic E-state index is -2.11. The molecule has 0 N–H and O–H groups in total. The number of hydrogen-bond acceptors (Lipinski definition) is 9. The van der Waals surface area contributed by atoms with Gasteiger partial charge in [-0.3, -0.25) is 25.0 Å². The minimum Gasteiger partial charge on any atom is -0.465 e. The minimum absolute atomic E-state index is 0.0648. The van der Waals surface area contributed by atoms with Gasteiger partial charge in [-0.05, 0) is 77.9 Å². The molecule has 0 bridgehead atoms. The first kappa shape index (κ1) is 31.3. The van der Waals surface area contributed by atoms with Crippen LogP contribution in [-0.2, 0) is 30.9 Å².